The summed E-state index contributed by atoms with van der Waals surface area (Å²) in [5, 5.41) is 0. The number of nitrogens with one attached hydrogen (secondary N) is 1. The summed E-state index contributed by atoms with van der Waals surface area (Å²) < 4.78 is 15.5. The molecule has 0 radical (unpaired) electrons. The molecule has 4 heteroatoms. The van der Waals surface area contributed by atoms with E-state index in [1.165, 1.54) is 24.1 Å². The minimum Gasteiger partial charge on any atom is -0.399 e. The zero-order chi connectivity index (χ0) is 8.27. The molecule has 11 heavy (non-hydrogen) atoms. The minimum absolute atomic E-state index is 0.318. The van der Waals surface area contributed by atoms with Crippen molar-refractivity contribution in [1.82, 2.24) is 0 Å². The molecule has 1 aromatic carbocycles. The van der Waals surface area contributed by atoms with E-state index in [1.54, 1.807) is 6.07 Å². The Morgan fingerprint density at radius 2 is 2.18 bits per heavy atom. The van der Waals surface area contributed by atoms with Crippen molar-refractivity contribution in [2.75, 3.05) is 16.7 Å². The molecule has 1 rings (SSSR count). The summed E-state index contributed by atoms with van der Waals surface area (Å²) in [5.74, 6) is -0.318. The lowest BCUT2D eigenvalue weighted by atomic mass is 10.3. The van der Waals surface area contributed by atoms with Crippen LogP contribution in [0.3, 0.4) is 0 Å². The topological polar surface area (TPSA) is 38.0 Å². The van der Waals surface area contributed by atoms with Gasteiger partial charge in [-0.1, -0.05) is 11.9 Å². The zero-order valence-electron chi connectivity index (χ0n) is 6.10. The Morgan fingerprint density at radius 1 is 1.45 bits per heavy atom. The van der Waals surface area contributed by atoms with Gasteiger partial charge >= 0.3 is 0 Å². The number of anilines is 2. The molecule has 0 spiro atoms. The average molecular weight is 172 g/mol. The van der Waals surface area contributed by atoms with E-state index in [9.17, 15) is 4.39 Å². The number of hydrogen-bond acceptors (Lipinski definition) is 3. The first-order chi connectivity index (χ1) is 5.22. The molecule has 2 nitrogen and oxygen atoms in total. The highest BCUT2D eigenvalue weighted by molar-refractivity contribution is 7.99. The molecular weight excluding hydrogens is 163 g/mol. The molecule has 60 valence electrons. The molecule has 0 aliphatic carbocycles. The summed E-state index contributed by atoms with van der Waals surface area (Å²) >= 11 is 1.40. The maximum Gasteiger partial charge on any atom is 0.127 e. The summed E-state index contributed by atoms with van der Waals surface area (Å²) in [7, 11) is 0. The van der Waals surface area contributed by atoms with Crippen LogP contribution in [0.15, 0.2) is 18.2 Å². The highest BCUT2D eigenvalue weighted by Gasteiger charge is 1.95. The van der Waals surface area contributed by atoms with Gasteiger partial charge in [0.1, 0.15) is 5.82 Å². The second-order valence-electron chi connectivity index (χ2n) is 2.08. The van der Waals surface area contributed by atoms with Gasteiger partial charge in [0.05, 0.1) is 0 Å². The Morgan fingerprint density at radius 3 is 2.73 bits per heavy atom. The van der Waals surface area contributed by atoms with Gasteiger partial charge in [-0.2, -0.15) is 0 Å². The lowest BCUT2D eigenvalue weighted by Gasteiger charge is -2.02. The van der Waals surface area contributed by atoms with Crippen LogP contribution in [-0.4, -0.2) is 6.26 Å². The lowest BCUT2D eigenvalue weighted by molar-refractivity contribution is 0.629. The monoisotopic (exact) mass is 172 g/mol. The Hall–Kier alpha value is -0.900. The first-order valence-corrected chi connectivity index (χ1v) is 4.30. The highest BCUT2D eigenvalue weighted by atomic mass is 32.2. The third kappa shape index (κ3) is 2.31. The molecule has 0 aliphatic heterocycles. The van der Waals surface area contributed by atoms with E-state index in [0.29, 0.717) is 11.4 Å². The SMILES string of the molecule is CSNc1cc(N)cc(F)c1. The van der Waals surface area contributed by atoms with Crippen LogP contribution >= 0.6 is 11.9 Å². The molecule has 0 amide bonds. The second-order valence-corrected chi connectivity index (χ2v) is 2.69. The Kier molecular flexibility index (Phi) is 2.59. The van der Waals surface area contributed by atoms with E-state index in [1.807, 2.05) is 6.26 Å². The summed E-state index contributed by atoms with van der Waals surface area (Å²) in [6.07, 6.45) is 1.86. The van der Waals surface area contributed by atoms with Gasteiger partial charge in [0.2, 0.25) is 0 Å². The van der Waals surface area contributed by atoms with Crippen molar-refractivity contribution in [2.24, 2.45) is 0 Å². The van der Waals surface area contributed by atoms with Crippen molar-refractivity contribution in [2.45, 2.75) is 0 Å². The van der Waals surface area contributed by atoms with Gasteiger partial charge < -0.3 is 10.5 Å². The van der Waals surface area contributed by atoms with Crippen LogP contribution in [0.2, 0.25) is 0 Å². The molecule has 3 N–H and O–H groups in total. The Labute approximate surface area is 69.1 Å². The third-order valence-corrected chi connectivity index (χ3v) is 1.58. The van der Waals surface area contributed by atoms with Crippen LogP contribution in [-0.2, 0) is 0 Å². The smallest absolute Gasteiger partial charge is 0.127 e. The summed E-state index contributed by atoms with van der Waals surface area (Å²) in [6.45, 7) is 0. The Bertz CT molecular complexity index is 232. The molecular formula is C7H9FN2S. The number of benzene rings is 1. The predicted octanol–water partition coefficient (Wildman–Crippen LogP) is 2.10. The van der Waals surface area contributed by atoms with E-state index in [0.717, 1.165) is 0 Å². The molecule has 0 unspecified atom stereocenters. The number of halogens is 1. The molecule has 0 saturated heterocycles. The van der Waals surface area contributed by atoms with Gasteiger partial charge in [0.15, 0.2) is 0 Å². The van der Waals surface area contributed by atoms with Crippen molar-refractivity contribution >= 4 is 23.3 Å². The maximum absolute atomic E-state index is 12.6. The number of nitrogen functional groups attached to an aromatic ring is 1. The van der Waals surface area contributed by atoms with Crippen LogP contribution in [0.1, 0.15) is 0 Å². The van der Waals surface area contributed by atoms with Gasteiger partial charge in [-0.25, -0.2) is 4.39 Å². The van der Waals surface area contributed by atoms with E-state index in [4.69, 9.17) is 5.73 Å². The predicted molar refractivity (Wildman–Crippen MR) is 48.0 cm³/mol. The molecule has 0 fully saturated rings. The number of nitrogens with two attached hydrogens (primary N) is 1. The number of hydrogen-bond donors (Lipinski definition) is 2. The average Bonchev–Trinajstić information content (AvgIpc) is 1.85. The van der Waals surface area contributed by atoms with Crippen molar-refractivity contribution in [3.8, 4) is 0 Å². The molecule has 0 aromatic heterocycles. The maximum atomic E-state index is 12.6. The summed E-state index contributed by atoms with van der Waals surface area (Å²) in [5.41, 5.74) is 6.52. The van der Waals surface area contributed by atoms with Crippen molar-refractivity contribution in [3.05, 3.63) is 24.0 Å². The van der Waals surface area contributed by atoms with Crippen LogP contribution in [0, 0.1) is 5.82 Å². The van der Waals surface area contributed by atoms with Gasteiger partial charge in [0, 0.05) is 17.6 Å². The number of rotatable bonds is 2. The fraction of sp³-hybridized carbons (Fsp3) is 0.143. The van der Waals surface area contributed by atoms with Gasteiger partial charge in [-0.15, -0.1) is 0 Å². The molecule has 0 aliphatic rings. The molecule has 0 bridgehead atoms. The fourth-order valence-corrected chi connectivity index (χ4v) is 1.14. The van der Waals surface area contributed by atoms with Crippen LogP contribution in [0.5, 0.6) is 0 Å². The minimum atomic E-state index is -0.318. The molecule has 1 aromatic rings. The van der Waals surface area contributed by atoms with Crippen LogP contribution in [0.4, 0.5) is 15.8 Å². The first-order valence-electron chi connectivity index (χ1n) is 3.07. The highest BCUT2D eigenvalue weighted by Crippen LogP contribution is 2.17. The summed E-state index contributed by atoms with van der Waals surface area (Å²) in [6, 6.07) is 4.36. The lowest BCUT2D eigenvalue weighted by Crippen LogP contribution is -1.90. The van der Waals surface area contributed by atoms with Crippen LogP contribution < -0.4 is 10.5 Å². The van der Waals surface area contributed by atoms with E-state index in [-0.39, 0.29) is 5.82 Å². The quantitative estimate of drug-likeness (QED) is 0.530. The second kappa shape index (κ2) is 3.48. The largest absolute Gasteiger partial charge is 0.399 e. The molecule has 0 heterocycles. The van der Waals surface area contributed by atoms with Gasteiger partial charge in [-0.3, -0.25) is 0 Å². The van der Waals surface area contributed by atoms with Crippen molar-refractivity contribution in [1.29, 1.82) is 0 Å². The molecule has 0 atom stereocenters. The summed E-state index contributed by atoms with van der Waals surface area (Å²) in [4.78, 5) is 0. The molecule has 0 saturated carbocycles. The normalized spacial score (nSPS) is 9.64. The van der Waals surface area contributed by atoms with E-state index in [2.05, 4.69) is 4.72 Å². The Balaban J connectivity index is 2.89. The third-order valence-electron chi connectivity index (χ3n) is 1.14. The fourth-order valence-electron chi connectivity index (χ4n) is 0.789. The zero-order valence-corrected chi connectivity index (χ0v) is 6.91. The van der Waals surface area contributed by atoms with Gasteiger partial charge in [0.25, 0.3) is 0 Å². The standard InChI is InChI=1S/C7H9FN2S/c1-11-10-7-3-5(8)2-6(9)4-7/h2-4,10H,9H2,1H3. The van der Waals surface area contributed by atoms with Crippen LogP contribution in [0.25, 0.3) is 0 Å². The first kappa shape index (κ1) is 8.20. The van der Waals surface area contributed by atoms with E-state index >= 15 is 0 Å². The van der Waals surface area contributed by atoms with Crippen molar-refractivity contribution in [3.63, 3.8) is 0 Å². The van der Waals surface area contributed by atoms with Crippen molar-refractivity contribution < 1.29 is 4.39 Å². The van der Waals surface area contributed by atoms with E-state index < -0.39 is 0 Å². The van der Waals surface area contributed by atoms with Gasteiger partial charge in [-0.05, 0) is 18.2 Å².